The van der Waals surface area contributed by atoms with Gasteiger partial charge in [-0.3, -0.25) is 4.57 Å². The van der Waals surface area contributed by atoms with Gasteiger partial charge in [-0.05, 0) is 29.6 Å². The summed E-state index contributed by atoms with van der Waals surface area (Å²) in [6.45, 7) is 10.8. The van der Waals surface area contributed by atoms with Crippen molar-refractivity contribution in [2.24, 2.45) is 5.41 Å². The van der Waals surface area contributed by atoms with Crippen LogP contribution in [-0.4, -0.2) is 45.4 Å². The fraction of sp³-hybridized carbons (Fsp3) is 0.500. The highest BCUT2D eigenvalue weighted by molar-refractivity contribution is 8.05. The van der Waals surface area contributed by atoms with E-state index in [1.54, 1.807) is 0 Å². The molecular formula is C24H35O5PSSi. The highest BCUT2D eigenvalue weighted by Crippen LogP contribution is 2.60. The van der Waals surface area contributed by atoms with Gasteiger partial charge in [-0.2, -0.15) is 0 Å². The Morgan fingerprint density at radius 1 is 1.00 bits per heavy atom. The topological polar surface area (TPSA) is 54.0 Å². The Morgan fingerprint density at radius 2 is 1.50 bits per heavy atom. The Kier molecular flexibility index (Phi) is 9.21. The normalized spacial score (nSPS) is 20.6. The lowest BCUT2D eigenvalue weighted by Crippen LogP contribution is -2.53. The van der Waals surface area contributed by atoms with Crippen LogP contribution in [0.1, 0.15) is 34.6 Å². The summed E-state index contributed by atoms with van der Waals surface area (Å²) in [6.07, 6.45) is -0.379. The molecule has 1 aliphatic rings. The van der Waals surface area contributed by atoms with Crippen LogP contribution in [0.15, 0.2) is 60.7 Å². The van der Waals surface area contributed by atoms with Crippen molar-refractivity contribution in [3.05, 3.63) is 60.7 Å². The minimum absolute atomic E-state index is 0.170. The molecule has 32 heavy (non-hydrogen) atoms. The highest BCUT2D eigenvalue weighted by atomic mass is 32.2. The maximum absolute atomic E-state index is 13.3. The summed E-state index contributed by atoms with van der Waals surface area (Å²) in [5.41, 5.74) is -0.170. The summed E-state index contributed by atoms with van der Waals surface area (Å²) in [6, 6.07) is 20.9. The van der Waals surface area contributed by atoms with Crippen LogP contribution in [0.4, 0.5) is 0 Å². The van der Waals surface area contributed by atoms with Crippen LogP contribution < -0.4 is 10.4 Å². The van der Waals surface area contributed by atoms with Gasteiger partial charge in [-0.15, -0.1) is 11.8 Å². The molecule has 0 aliphatic carbocycles. The third kappa shape index (κ3) is 6.35. The highest BCUT2D eigenvalue weighted by Gasteiger charge is 2.48. The van der Waals surface area contributed by atoms with Gasteiger partial charge in [0.05, 0.1) is 25.4 Å². The Hall–Kier alpha value is -0.923. The lowest BCUT2D eigenvalue weighted by molar-refractivity contribution is -0.0470. The van der Waals surface area contributed by atoms with Gasteiger partial charge in [-0.1, -0.05) is 81.4 Å². The zero-order chi connectivity index (χ0) is 23.2. The number of ether oxygens (including phenoxy) is 1. The van der Waals surface area contributed by atoms with E-state index in [9.17, 15) is 4.57 Å². The number of hydrogen-bond acceptors (Lipinski definition) is 6. The minimum Gasteiger partial charge on any atom is -0.405 e. The molecule has 5 nitrogen and oxygen atoms in total. The van der Waals surface area contributed by atoms with Gasteiger partial charge in [0.15, 0.2) is 0 Å². The standard InChI is InChI=1S/C24H35O5PSSi/c1-6-26-30(25,27-7-2)23-28-21(18-31-23)22(24(3,4)5)29-32(19-14-10-8-11-15-19)20-16-12-9-13-17-20/h8-17,21-23,32H,6-7,18H2,1-5H3. The molecule has 0 N–H and O–H groups in total. The van der Waals surface area contributed by atoms with Crippen molar-refractivity contribution in [2.75, 3.05) is 19.0 Å². The second-order valence-corrected chi connectivity index (χ2v) is 14.7. The van der Waals surface area contributed by atoms with Crippen molar-refractivity contribution in [1.29, 1.82) is 0 Å². The van der Waals surface area contributed by atoms with Gasteiger partial charge >= 0.3 is 7.60 Å². The van der Waals surface area contributed by atoms with Crippen LogP contribution in [0, 0.1) is 5.41 Å². The van der Waals surface area contributed by atoms with Gasteiger partial charge in [-0.25, -0.2) is 0 Å². The summed E-state index contributed by atoms with van der Waals surface area (Å²) in [5.74, 6) is 0.682. The van der Waals surface area contributed by atoms with E-state index in [2.05, 4.69) is 69.3 Å². The van der Waals surface area contributed by atoms with Crippen LogP contribution in [0.2, 0.25) is 0 Å². The molecule has 0 radical (unpaired) electrons. The molecule has 1 saturated heterocycles. The van der Waals surface area contributed by atoms with E-state index >= 15 is 0 Å². The molecule has 0 saturated carbocycles. The third-order valence-corrected chi connectivity index (χ3v) is 11.8. The predicted octanol–water partition coefficient (Wildman–Crippen LogP) is 4.64. The lowest BCUT2D eigenvalue weighted by atomic mass is 9.86. The molecule has 8 heteroatoms. The van der Waals surface area contributed by atoms with Crippen molar-refractivity contribution in [3.8, 4) is 0 Å². The van der Waals surface area contributed by atoms with E-state index in [0.29, 0.717) is 19.0 Å². The molecule has 0 aromatic heterocycles. The van der Waals surface area contributed by atoms with E-state index in [-0.39, 0.29) is 17.6 Å². The van der Waals surface area contributed by atoms with E-state index in [1.807, 2.05) is 26.0 Å². The molecule has 1 heterocycles. The molecule has 2 aromatic rings. The second-order valence-electron chi connectivity index (χ2n) is 8.81. The summed E-state index contributed by atoms with van der Waals surface area (Å²) in [7, 11) is -5.32. The summed E-state index contributed by atoms with van der Waals surface area (Å²) >= 11 is 1.50. The van der Waals surface area contributed by atoms with E-state index in [0.717, 1.165) is 0 Å². The molecular weight excluding hydrogens is 459 g/mol. The molecule has 3 rings (SSSR count). The molecule has 0 spiro atoms. The number of hydrogen-bond donors (Lipinski definition) is 0. The van der Waals surface area contributed by atoms with E-state index in [4.69, 9.17) is 18.2 Å². The van der Waals surface area contributed by atoms with E-state index in [1.165, 1.54) is 22.1 Å². The van der Waals surface area contributed by atoms with Crippen molar-refractivity contribution >= 4 is 38.8 Å². The molecule has 0 amide bonds. The molecule has 2 aromatic carbocycles. The number of benzene rings is 2. The first-order chi connectivity index (χ1) is 15.3. The third-order valence-electron chi connectivity index (χ3n) is 5.25. The Bertz CT molecular complexity index is 827. The van der Waals surface area contributed by atoms with Crippen LogP contribution in [0.5, 0.6) is 0 Å². The lowest BCUT2D eigenvalue weighted by Gasteiger charge is -2.38. The maximum atomic E-state index is 13.3. The Labute approximate surface area is 198 Å². The van der Waals surface area contributed by atoms with Crippen molar-refractivity contribution in [1.82, 2.24) is 0 Å². The predicted molar refractivity (Wildman–Crippen MR) is 136 cm³/mol. The van der Waals surface area contributed by atoms with Crippen LogP contribution in [0.25, 0.3) is 0 Å². The SMILES string of the molecule is CCOP(=O)(OCC)C1OC(C(O[SiH](c2ccccc2)c2ccccc2)C(C)(C)C)CS1. The Balaban J connectivity index is 1.87. The van der Waals surface area contributed by atoms with Crippen molar-refractivity contribution in [3.63, 3.8) is 0 Å². The van der Waals surface area contributed by atoms with Crippen LogP contribution in [0.3, 0.4) is 0 Å². The molecule has 3 atom stereocenters. The Morgan fingerprint density at radius 3 is 1.94 bits per heavy atom. The first-order valence-electron chi connectivity index (χ1n) is 11.2. The average molecular weight is 495 g/mol. The summed E-state index contributed by atoms with van der Waals surface area (Å²) in [4.78, 5) is 0. The van der Waals surface area contributed by atoms with Crippen LogP contribution >= 0.6 is 19.4 Å². The van der Waals surface area contributed by atoms with Crippen molar-refractivity contribution in [2.45, 2.75) is 52.0 Å². The largest absolute Gasteiger partial charge is 0.405 e. The zero-order valence-corrected chi connectivity index (χ0v) is 22.5. The van der Waals surface area contributed by atoms with Gasteiger partial charge in [0.1, 0.15) is 0 Å². The molecule has 176 valence electrons. The summed E-state index contributed by atoms with van der Waals surface area (Å²) in [5, 5.41) is 1.82. The summed E-state index contributed by atoms with van der Waals surface area (Å²) < 4.78 is 37.7. The van der Waals surface area contributed by atoms with Gasteiger partial charge in [0.2, 0.25) is 14.2 Å². The fourth-order valence-electron chi connectivity index (χ4n) is 3.85. The van der Waals surface area contributed by atoms with Gasteiger partial charge < -0.3 is 18.2 Å². The number of rotatable bonds is 10. The molecule has 0 bridgehead atoms. The quantitative estimate of drug-likeness (QED) is 0.354. The van der Waals surface area contributed by atoms with Gasteiger partial charge in [0.25, 0.3) is 0 Å². The second kappa shape index (κ2) is 11.5. The van der Waals surface area contributed by atoms with E-state index < -0.39 is 21.8 Å². The molecule has 1 fully saturated rings. The zero-order valence-electron chi connectivity index (χ0n) is 19.6. The van der Waals surface area contributed by atoms with Crippen molar-refractivity contribution < 1.29 is 22.8 Å². The first-order valence-corrected chi connectivity index (χ1v) is 15.5. The minimum atomic E-state index is -3.35. The monoisotopic (exact) mass is 494 g/mol. The number of thioether (sulfide) groups is 1. The smallest absolute Gasteiger partial charge is 0.369 e. The molecule has 3 unspecified atom stereocenters. The van der Waals surface area contributed by atoms with Gasteiger partial charge in [0, 0.05) is 5.75 Å². The molecule has 1 aliphatic heterocycles. The first kappa shape index (κ1) is 25.7. The van der Waals surface area contributed by atoms with Crippen LogP contribution in [-0.2, 0) is 22.8 Å². The maximum Gasteiger partial charge on any atom is 0.369 e. The average Bonchev–Trinajstić information content (AvgIpc) is 3.25. The fourth-order valence-corrected chi connectivity index (χ4v) is 10.1.